The Bertz CT molecular complexity index is 260. The first kappa shape index (κ1) is 12.2. The average molecular weight is 200 g/mol. The van der Waals surface area contributed by atoms with E-state index in [0.717, 1.165) is 6.08 Å². The minimum atomic E-state index is -1.21. The Morgan fingerprint density at radius 3 is 2.36 bits per heavy atom. The molecule has 0 aliphatic carbocycles. The van der Waals surface area contributed by atoms with E-state index in [0.29, 0.717) is 12.6 Å². The highest BCUT2D eigenvalue weighted by Crippen LogP contribution is 1.74. The van der Waals surface area contributed by atoms with Gasteiger partial charge in [-0.2, -0.15) is 0 Å². The van der Waals surface area contributed by atoms with Gasteiger partial charge in [0, 0.05) is 18.7 Å². The highest BCUT2D eigenvalue weighted by atomic mass is 16.4. The molecule has 0 spiro atoms. The van der Waals surface area contributed by atoms with Crippen LogP contribution in [0.25, 0.3) is 0 Å². The maximum Gasteiger partial charge on any atom is 0.328 e. The van der Waals surface area contributed by atoms with Crippen molar-refractivity contribution in [2.24, 2.45) is 0 Å². The summed E-state index contributed by atoms with van der Waals surface area (Å²) in [5.74, 6) is -2.14. The Kier molecular flexibility index (Phi) is 5.77. The number of aliphatic carboxylic acids is 1. The van der Waals surface area contributed by atoms with Gasteiger partial charge in [0.2, 0.25) is 11.8 Å². The lowest BCUT2D eigenvalue weighted by Crippen LogP contribution is -2.36. The van der Waals surface area contributed by atoms with Gasteiger partial charge in [-0.1, -0.05) is 0 Å². The maximum atomic E-state index is 10.8. The van der Waals surface area contributed by atoms with Gasteiger partial charge in [-0.25, -0.2) is 4.79 Å². The summed E-state index contributed by atoms with van der Waals surface area (Å²) in [6, 6.07) is 0. The van der Waals surface area contributed by atoms with Crippen LogP contribution in [0.15, 0.2) is 12.2 Å². The summed E-state index contributed by atoms with van der Waals surface area (Å²) >= 11 is 0. The fourth-order valence-corrected chi connectivity index (χ4v) is 0.633. The van der Waals surface area contributed by atoms with Crippen LogP contribution in [0.3, 0.4) is 0 Å². The van der Waals surface area contributed by atoms with Gasteiger partial charge in [-0.05, 0) is 6.92 Å². The molecule has 0 aromatic heterocycles. The van der Waals surface area contributed by atoms with Crippen molar-refractivity contribution in [3.8, 4) is 0 Å². The van der Waals surface area contributed by atoms with Crippen LogP contribution in [0, 0.1) is 0 Å². The second kappa shape index (κ2) is 6.64. The summed E-state index contributed by atoms with van der Waals surface area (Å²) in [5.41, 5.74) is 0. The normalized spacial score (nSPS) is 9.79. The monoisotopic (exact) mass is 200 g/mol. The molecule has 0 aromatic carbocycles. The number of hydrogen-bond acceptors (Lipinski definition) is 3. The Labute approximate surface area is 81.0 Å². The molecule has 0 saturated carbocycles. The zero-order chi connectivity index (χ0) is 11.0. The molecule has 78 valence electrons. The fourth-order valence-electron chi connectivity index (χ4n) is 0.633. The molecule has 14 heavy (non-hydrogen) atoms. The predicted molar refractivity (Wildman–Crippen MR) is 48.5 cm³/mol. The smallest absolute Gasteiger partial charge is 0.328 e. The molecule has 0 radical (unpaired) electrons. The SMILES string of the molecule is CCNC(=O)CNC(=O)/C=C/C(=O)O. The van der Waals surface area contributed by atoms with Crippen LogP contribution < -0.4 is 10.6 Å². The molecule has 0 rings (SSSR count). The minimum Gasteiger partial charge on any atom is -0.478 e. The summed E-state index contributed by atoms with van der Waals surface area (Å²) in [6.07, 6.45) is 1.55. The largest absolute Gasteiger partial charge is 0.478 e. The number of carbonyl (C=O) groups excluding carboxylic acids is 2. The van der Waals surface area contributed by atoms with Crippen molar-refractivity contribution in [1.29, 1.82) is 0 Å². The highest BCUT2D eigenvalue weighted by molar-refractivity contribution is 5.95. The van der Waals surface area contributed by atoms with E-state index in [9.17, 15) is 14.4 Å². The third kappa shape index (κ3) is 6.84. The molecule has 0 aliphatic heterocycles. The average Bonchev–Trinajstić information content (AvgIpc) is 2.12. The van der Waals surface area contributed by atoms with E-state index >= 15 is 0 Å². The van der Waals surface area contributed by atoms with E-state index in [1.165, 1.54) is 0 Å². The van der Waals surface area contributed by atoms with Crippen molar-refractivity contribution in [3.63, 3.8) is 0 Å². The number of carboxylic acid groups (broad SMARTS) is 1. The number of rotatable bonds is 5. The number of carbonyl (C=O) groups is 3. The molecule has 0 unspecified atom stereocenters. The van der Waals surface area contributed by atoms with E-state index in [1.807, 2.05) is 0 Å². The molecule has 0 bridgehead atoms. The standard InChI is InChI=1S/C8H12N2O4/c1-2-9-7(12)5-10-6(11)3-4-8(13)14/h3-4H,2,5H2,1H3,(H,9,12)(H,10,11)(H,13,14)/b4-3+. The van der Waals surface area contributed by atoms with Gasteiger partial charge in [0.1, 0.15) is 0 Å². The second-order valence-corrected chi connectivity index (χ2v) is 2.34. The van der Waals surface area contributed by atoms with Crippen molar-refractivity contribution in [2.75, 3.05) is 13.1 Å². The maximum absolute atomic E-state index is 10.8. The Morgan fingerprint density at radius 1 is 1.21 bits per heavy atom. The van der Waals surface area contributed by atoms with Gasteiger partial charge in [0.25, 0.3) is 0 Å². The molecule has 0 aromatic rings. The van der Waals surface area contributed by atoms with E-state index in [1.54, 1.807) is 6.92 Å². The molecule has 0 atom stereocenters. The van der Waals surface area contributed by atoms with Crippen molar-refractivity contribution < 1.29 is 19.5 Å². The van der Waals surface area contributed by atoms with Crippen LogP contribution in [-0.4, -0.2) is 36.0 Å². The molecule has 0 saturated heterocycles. The van der Waals surface area contributed by atoms with Crippen LogP contribution >= 0.6 is 0 Å². The summed E-state index contributed by atoms with van der Waals surface area (Å²) in [5, 5.41) is 12.9. The number of likely N-dealkylation sites (N-methyl/N-ethyl adjacent to an activating group) is 1. The molecule has 2 amide bonds. The first-order valence-electron chi connectivity index (χ1n) is 4.01. The first-order valence-corrected chi connectivity index (χ1v) is 4.01. The van der Waals surface area contributed by atoms with Gasteiger partial charge in [0.15, 0.2) is 0 Å². The van der Waals surface area contributed by atoms with E-state index in [2.05, 4.69) is 10.6 Å². The number of hydrogen-bond donors (Lipinski definition) is 3. The molecule has 6 nitrogen and oxygen atoms in total. The van der Waals surface area contributed by atoms with E-state index < -0.39 is 11.9 Å². The number of nitrogens with one attached hydrogen (secondary N) is 2. The quantitative estimate of drug-likeness (QED) is 0.490. The first-order chi connectivity index (χ1) is 6.56. The van der Waals surface area contributed by atoms with Gasteiger partial charge >= 0.3 is 5.97 Å². The summed E-state index contributed by atoms with van der Waals surface area (Å²) in [6.45, 7) is 2.08. The van der Waals surface area contributed by atoms with Crippen molar-refractivity contribution in [2.45, 2.75) is 6.92 Å². The molecule has 3 N–H and O–H groups in total. The highest BCUT2D eigenvalue weighted by Gasteiger charge is 2.01. The lowest BCUT2D eigenvalue weighted by molar-refractivity contribution is -0.131. The van der Waals surface area contributed by atoms with Crippen LogP contribution in [0.5, 0.6) is 0 Å². The number of amides is 2. The lowest BCUT2D eigenvalue weighted by Gasteiger charge is -2.01. The van der Waals surface area contributed by atoms with Crippen LogP contribution in [0.2, 0.25) is 0 Å². The molecule has 0 aliphatic rings. The van der Waals surface area contributed by atoms with Crippen molar-refractivity contribution >= 4 is 17.8 Å². The fraction of sp³-hybridized carbons (Fsp3) is 0.375. The third-order valence-corrected chi connectivity index (χ3v) is 1.17. The van der Waals surface area contributed by atoms with Gasteiger partial charge in [-0.15, -0.1) is 0 Å². The van der Waals surface area contributed by atoms with Gasteiger partial charge < -0.3 is 15.7 Å². The summed E-state index contributed by atoms with van der Waals surface area (Å²) in [4.78, 5) is 31.6. The van der Waals surface area contributed by atoms with Gasteiger partial charge in [0.05, 0.1) is 6.54 Å². The zero-order valence-corrected chi connectivity index (χ0v) is 7.74. The minimum absolute atomic E-state index is 0.156. The molecule has 0 heterocycles. The second-order valence-electron chi connectivity index (χ2n) is 2.34. The molecule has 6 heteroatoms. The summed E-state index contributed by atoms with van der Waals surface area (Å²) < 4.78 is 0. The topological polar surface area (TPSA) is 95.5 Å². The zero-order valence-electron chi connectivity index (χ0n) is 7.74. The van der Waals surface area contributed by atoms with Crippen molar-refractivity contribution in [3.05, 3.63) is 12.2 Å². The van der Waals surface area contributed by atoms with Crippen LogP contribution in [-0.2, 0) is 14.4 Å². The van der Waals surface area contributed by atoms with Crippen molar-refractivity contribution in [1.82, 2.24) is 10.6 Å². The molecular formula is C8H12N2O4. The number of carboxylic acids is 1. The van der Waals surface area contributed by atoms with Gasteiger partial charge in [-0.3, -0.25) is 9.59 Å². The third-order valence-electron chi connectivity index (χ3n) is 1.17. The lowest BCUT2D eigenvalue weighted by atomic mass is 10.4. The predicted octanol–water partition coefficient (Wildman–Crippen LogP) is -1.12. The Morgan fingerprint density at radius 2 is 1.86 bits per heavy atom. The Hall–Kier alpha value is -1.85. The van der Waals surface area contributed by atoms with Crippen LogP contribution in [0.1, 0.15) is 6.92 Å². The molecular weight excluding hydrogens is 188 g/mol. The molecule has 0 fully saturated rings. The summed E-state index contributed by atoms with van der Waals surface area (Å²) in [7, 11) is 0. The van der Waals surface area contributed by atoms with E-state index in [4.69, 9.17) is 5.11 Å². The van der Waals surface area contributed by atoms with Crippen LogP contribution in [0.4, 0.5) is 0 Å². The Balaban J connectivity index is 3.74. The van der Waals surface area contributed by atoms with E-state index in [-0.39, 0.29) is 12.5 Å².